The lowest BCUT2D eigenvalue weighted by Gasteiger charge is -2.04. The molecule has 0 aliphatic heterocycles. The molecule has 0 aliphatic rings. The highest BCUT2D eigenvalue weighted by Crippen LogP contribution is 2.16. The largest absolute Gasteiger partial charge is 0.486 e. The summed E-state index contributed by atoms with van der Waals surface area (Å²) in [5, 5.41) is 2.70. The number of methoxy groups -OCH3 is 1. The molecule has 0 bridgehead atoms. The summed E-state index contributed by atoms with van der Waals surface area (Å²) in [5.74, 6) is 0.543. The Morgan fingerprint density at radius 3 is 3.00 bits per heavy atom. The molecule has 19 heavy (non-hydrogen) atoms. The quantitative estimate of drug-likeness (QED) is 0.788. The third kappa shape index (κ3) is 4.06. The summed E-state index contributed by atoms with van der Waals surface area (Å²) in [6.07, 6.45) is 0.206. The highest BCUT2D eigenvalue weighted by Gasteiger charge is 2.08. The third-order valence-electron chi connectivity index (χ3n) is 2.50. The molecule has 0 amide bonds. The summed E-state index contributed by atoms with van der Waals surface area (Å²) in [5.41, 5.74) is 1.88. The lowest BCUT2D eigenvalue weighted by molar-refractivity contribution is -0.139. The first-order chi connectivity index (χ1) is 9.17. The van der Waals surface area contributed by atoms with Gasteiger partial charge in [-0.05, 0) is 24.6 Å². The van der Waals surface area contributed by atoms with Crippen molar-refractivity contribution in [1.82, 2.24) is 4.98 Å². The second kappa shape index (κ2) is 6.33. The van der Waals surface area contributed by atoms with Gasteiger partial charge in [0.15, 0.2) is 0 Å². The third-order valence-corrected chi connectivity index (χ3v) is 3.38. The number of esters is 1. The van der Waals surface area contributed by atoms with Crippen LogP contribution in [0.5, 0.6) is 5.75 Å². The van der Waals surface area contributed by atoms with E-state index in [1.165, 1.54) is 18.4 Å². The minimum Gasteiger partial charge on any atom is -0.486 e. The first kappa shape index (κ1) is 13.5. The predicted molar refractivity (Wildman–Crippen MR) is 73.3 cm³/mol. The molecule has 0 aliphatic carbocycles. The normalized spacial score (nSPS) is 10.2. The summed E-state index contributed by atoms with van der Waals surface area (Å²) >= 11 is 1.48. The summed E-state index contributed by atoms with van der Waals surface area (Å²) in [6, 6.07) is 7.86. The van der Waals surface area contributed by atoms with E-state index in [0.717, 1.165) is 22.0 Å². The summed E-state index contributed by atoms with van der Waals surface area (Å²) in [4.78, 5) is 15.4. The van der Waals surface area contributed by atoms with Crippen molar-refractivity contribution in [3.05, 3.63) is 45.9 Å². The van der Waals surface area contributed by atoms with Crippen molar-refractivity contribution in [1.29, 1.82) is 0 Å². The number of aromatic nitrogens is 1. The van der Waals surface area contributed by atoms with E-state index in [9.17, 15) is 4.79 Å². The van der Waals surface area contributed by atoms with Crippen LogP contribution in [0.3, 0.4) is 0 Å². The zero-order chi connectivity index (χ0) is 13.7. The summed E-state index contributed by atoms with van der Waals surface area (Å²) in [7, 11) is 1.37. The molecule has 0 saturated heterocycles. The van der Waals surface area contributed by atoms with E-state index in [0.29, 0.717) is 6.61 Å². The van der Waals surface area contributed by atoms with Crippen LogP contribution in [0.4, 0.5) is 0 Å². The maximum Gasteiger partial charge on any atom is 0.311 e. The number of nitrogens with zero attached hydrogens (tertiary/aromatic N) is 1. The molecule has 2 rings (SSSR count). The van der Waals surface area contributed by atoms with E-state index in [1.54, 1.807) is 0 Å². The molecule has 4 nitrogen and oxygen atoms in total. The fourth-order valence-electron chi connectivity index (χ4n) is 1.57. The number of ether oxygens (including phenoxy) is 2. The molecule has 1 aromatic heterocycles. The average Bonchev–Trinajstić information content (AvgIpc) is 2.84. The van der Waals surface area contributed by atoms with Crippen LogP contribution in [-0.4, -0.2) is 18.1 Å². The van der Waals surface area contributed by atoms with E-state index >= 15 is 0 Å². The van der Waals surface area contributed by atoms with Crippen LogP contribution in [0.25, 0.3) is 0 Å². The van der Waals surface area contributed by atoms with Gasteiger partial charge in [0, 0.05) is 5.38 Å². The molecule has 100 valence electrons. The van der Waals surface area contributed by atoms with Gasteiger partial charge >= 0.3 is 5.97 Å². The van der Waals surface area contributed by atoms with Crippen LogP contribution in [0, 0.1) is 6.92 Å². The molecule has 0 saturated carbocycles. The maximum absolute atomic E-state index is 11.1. The van der Waals surface area contributed by atoms with E-state index in [-0.39, 0.29) is 12.4 Å². The zero-order valence-electron chi connectivity index (χ0n) is 10.9. The molecule has 1 heterocycles. The lowest BCUT2D eigenvalue weighted by Crippen LogP contribution is -2.05. The van der Waals surface area contributed by atoms with Crippen LogP contribution in [0.15, 0.2) is 29.6 Å². The SMILES string of the molecule is COC(=O)Cc1csc(COc2cccc(C)c2)n1. The Labute approximate surface area is 116 Å². The van der Waals surface area contributed by atoms with Crippen LogP contribution in [0.2, 0.25) is 0 Å². The molecule has 5 heteroatoms. The highest BCUT2D eigenvalue weighted by molar-refractivity contribution is 7.09. The average molecular weight is 277 g/mol. The Bertz CT molecular complexity index is 565. The van der Waals surface area contributed by atoms with Gasteiger partial charge in [0.05, 0.1) is 19.2 Å². The first-order valence-corrected chi connectivity index (χ1v) is 6.75. The fourth-order valence-corrected chi connectivity index (χ4v) is 2.27. The maximum atomic E-state index is 11.1. The molecule has 0 atom stereocenters. The number of carbonyl (C=O) groups excluding carboxylic acids is 1. The van der Waals surface area contributed by atoms with Gasteiger partial charge in [-0.3, -0.25) is 4.79 Å². The minimum atomic E-state index is -0.281. The lowest BCUT2D eigenvalue weighted by atomic mass is 10.2. The Balaban J connectivity index is 1.91. The number of hydrogen-bond donors (Lipinski definition) is 0. The standard InChI is InChI=1S/C14H15NO3S/c1-10-4-3-5-12(6-10)18-8-13-15-11(9-19-13)7-14(16)17-2/h3-6,9H,7-8H2,1-2H3. The number of rotatable bonds is 5. The molecule has 0 spiro atoms. The minimum absolute atomic E-state index is 0.206. The summed E-state index contributed by atoms with van der Waals surface area (Å²) in [6.45, 7) is 2.43. The second-order valence-electron chi connectivity index (χ2n) is 4.09. The van der Waals surface area contributed by atoms with Gasteiger partial charge < -0.3 is 9.47 Å². The number of thiazole rings is 1. The highest BCUT2D eigenvalue weighted by atomic mass is 32.1. The van der Waals surface area contributed by atoms with E-state index in [2.05, 4.69) is 9.72 Å². The number of carbonyl (C=O) groups is 1. The van der Waals surface area contributed by atoms with Gasteiger partial charge in [0.1, 0.15) is 17.4 Å². The van der Waals surface area contributed by atoms with Gasteiger partial charge in [-0.2, -0.15) is 0 Å². The topological polar surface area (TPSA) is 48.4 Å². The molecule has 1 aromatic carbocycles. The molecule has 0 N–H and O–H groups in total. The van der Waals surface area contributed by atoms with E-state index < -0.39 is 0 Å². The molecular formula is C14H15NO3S. The van der Waals surface area contributed by atoms with Crippen molar-refractivity contribution in [2.24, 2.45) is 0 Å². The van der Waals surface area contributed by atoms with Crippen molar-refractivity contribution in [3.63, 3.8) is 0 Å². The monoisotopic (exact) mass is 277 g/mol. The fraction of sp³-hybridized carbons (Fsp3) is 0.286. The summed E-state index contributed by atoms with van der Waals surface area (Å²) < 4.78 is 10.2. The number of hydrogen-bond acceptors (Lipinski definition) is 5. The van der Waals surface area contributed by atoms with Crippen molar-refractivity contribution in [2.45, 2.75) is 20.0 Å². The Morgan fingerprint density at radius 2 is 2.26 bits per heavy atom. The van der Waals surface area contributed by atoms with Gasteiger partial charge in [0.2, 0.25) is 0 Å². The van der Waals surface area contributed by atoms with Crippen molar-refractivity contribution in [3.8, 4) is 5.75 Å². The van der Waals surface area contributed by atoms with Crippen LogP contribution in [-0.2, 0) is 22.6 Å². The Kier molecular flexibility index (Phi) is 4.52. The first-order valence-electron chi connectivity index (χ1n) is 5.87. The van der Waals surface area contributed by atoms with Crippen molar-refractivity contribution >= 4 is 17.3 Å². The number of aryl methyl sites for hydroxylation is 1. The molecule has 0 unspecified atom stereocenters. The van der Waals surface area contributed by atoms with Crippen LogP contribution < -0.4 is 4.74 Å². The zero-order valence-corrected chi connectivity index (χ0v) is 11.7. The predicted octanol–water partition coefficient (Wildman–Crippen LogP) is 2.75. The van der Waals surface area contributed by atoms with Crippen molar-refractivity contribution in [2.75, 3.05) is 7.11 Å². The number of benzene rings is 1. The van der Waals surface area contributed by atoms with Gasteiger partial charge in [0.25, 0.3) is 0 Å². The van der Waals surface area contributed by atoms with Gasteiger partial charge in [-0.25, -0.2) is 4.98 Å². The second-order valence-corrected chi connectivity index (χ2v) is 5.03. The van der Waals surface area contributed by atoms with Gasteiger partial charge in [-0.1, -0.05) is 12.1 Å². The molecule has 0 radical (unpaired) electrons. The van der Waals surface area contributed by atoms with E-state index in [4.69, 9.17) is 4.74 Å². The smallest absolute Gasteiger partial charge is 0.311 e. The molecular weight excluding hydrogens is 262 g/mol. The Morgan fingerprint density at radius 1 is 1.42 bits per heavy atom. The van der Waals surface area contributed by atoms with Crippen molar-refractivity contribution < 1.29 is 14.3 Å². The van der Waals surface area contributed by atoms with Crippen LogP contribution in [0.1, 0.15) is 16.3 Å². The van der Waals surface area contributed by atoms with E-state index in [1.807, 2.05) is 36.6 Å². The van der Waals surface area contributed by atoms with Gasteiger partial charge in [-0.15, -0.1) is 11.3 Å². The van der Waals surface area contributed by atoms with Crippen LogP contribution >= 0.6 is 11.3 Å². The molecule has 2 aromatic rings. The molecule has 0 fully saturated rings. The Hall–Kier alpha value is -1.88.